The lowest BCUT2D eigenvalue weighted by Gasteiger charge is -2.07. The topological polar surface area (TPSA) is 116 Å². The van der Waals surface area contributed by atoms with Gasteiger partial charge < -0.3 is 15.8 Å². The molecule has 0 aliphatic carbocycles. The molecule has 0 fully saturated rings. The zero-order valence-electron chi connectivity index (χ0n) is 10.0. The van der Waals surface area contributed by atoms with E-state index in [1.807, 2.05) is 0 Å². The summed E-state index contributed by atoms with van der Waals surface area (Å²) in [5.41, 5.74) is 5.80. The Labute approximate surface area is 108 Å². The van der Waals surface area contributed by atoms with Gasteiger partial charge in [0.15, 0.2) is 0 Å². The maximum atomic E-state index is 10.8. The Morgan fingerprint density at radius 3 is 2.63 bits per heavy atom. The molecule has 0 bridgehead atoms. The van der Waals surface area contributed by atoms with Crippen molar-refractivity contribution in [3.8, 4) is 5.75 Å². The lowest BCUT2D eigenvalue weighted by Crippen LogP contribution is -2.04. The number of hydrogen-bond donors (Lipinski definition) is 2. The fourth-order valence-corrected chi connectivity index (χ4v) is 1.43. The van der Waals surface area contributed by atoms with Gasteiger partial charge in [0.05, 0.1) is 12.0 Å². The van der Waals surface area contributed by atoms with Crippen molar-refractivity contribution in [2.45, 2.75) is 0 Å². The van der Waals surface area contributed by atoms with E-state index in [0.717, 1.165) is 6.20 Å². The van der Waals surface area contributed by atoms with Gasteiger partial charge in [0, 0.05) is 5.69 Å². The minimum absolute atomic E-state index is 0.0402. The second-order valence-corrected chi connectivity index (χ2v) is 3.57. The summed E-state index contributed by atoms with van der Waals surface area (Å²) in [6, 6.07) is 6.86. The molecule has 0 spiro atoms. The Hall–Kier alpha value is -2.90. The first-order chi connectivity index (χ1) is 9.10. The molecule has 0 amide bonds. The van der Waals surface area contributed by atoms with Crippen LogP contribution in [0, 0.1) is 10.1 Å². The average molecular weight is 261 g/mol. The van der Waals surface area contributed by atoms with Crippen LogP contribution in [0.15, 0.2) is 30.5 Å². The van der Waals surface area contributed by atoms with Gasteiger partial charge in [0.25, 0.3) is 0 Å². The Kier molecular flexibility index (Phi) is 3.42. The summed E-state index contributed by atoms with van der Waals surface area (Å²) in [7, 11) is 1.55. The number of aromatic nitrogens is 2. The second-order valence-electron chi connectivity index (χ2n) is 3.57. The SMILES string of the molecule is COc1ccc(Nc2nc(N)ncc2[N+](=O)[O-])cc1. The van der Waals surface area contributed by atoms with Crippen molar-refractivity contribution in [2.75, 3.05) is 18.2 Å². The summed E-state index contributed by atoms with van der Waals surface area (Å²) < 4.78 is 5.02. The molecule has 3 N–H and O–H groups in total. The van der Waals surface area contributed by atoms with Crippen molar-refractivity contribution in [1.82, 2.24) is 9.97 Å². The molecular weight excluding hydrogens is 250 g/mol. The number of benzene rings is 1. The first kappa shape index (κ1) is 12.6. The standard InChI is InChI=1S/C11H11N5O3/c1-19-8-4-2-7(3-5-8)14-10-9(16(17)18)6-13-11(12)15-10/h2-6H,1H3,(H3,12,13,14,15). The summed E-state index contributed by atoms with van der Waals surface area (Å²) >= 11 is 0. The highest BCUT2D eigenvalue weighted by Gasteiger charge is 2.16. The molecule has 98 valence electrons. The number of nitrogens with two attached hydrogens (primary N) is 1. The number of nitrogens with zero attached hydrogens (tertiary/aromatic N) is 3. The Balaban J connectivity index is 2.31. The van der Waals surface area contributed by atoms with Crippen molar-refractivity contribution in [3.05, 3.63) is 40.6 Å². The van der Waals surface area contributed by atoms with E-state index < -0.39 is 4.92 Å². The lowest BCUT2D eigenvalue weighted by molar-refractivity contribution is -0.384. The van der Waals surface area contributed by atoms with E-state index >= 15 is 0 Å². The normalized spacial score (nSPS) is 9.95. The van der Waals surface area contributed by atoms with E-state index in [4.69, 9.17) is 10.5 Å². The zero-order valence-corrected chi connectivity index (χ0v) is 10.0. The van der Waals surface area contributed by atoms with Crippen molar-refractivity contribution in [1.29, 1.82) is 0 Å². The molecule has 1 aromatic carbocycles. The summed E-state index contributed by atoms with van der Waals surface area (Å²) in [6.07, 6.45) is 1.06. The molecule has 1 aromatic heterocycles. The van der Waals surface area contributed by atoms with Gasteiger partial charge in [-0.1, -0.05) is 0 Å². The molecular formula is C11H11N5O3. The van der Waals surface area contributed by atoms with Gasteiger partial charge in [-0.2, -0.15) is 4.98 Å². The van der Waals surface area contributed by atoms with Crippen molar-refractivity contribution in [3.63, 3.8) is 0 Å². The molecule has 2 rings (SSSR count). The monoisotopic (exact) mass is 261 g/mol. The van der Waals surface area contributed by atoms with Crippen LogP contribution in [0.3, 0.4) is 0 Å². The highest BCUT2D eigenvalue weighted by Crippen LogP contribution is 2.26. The first-order valence-corrected chi connectivity index (χ1v) is 5.28. The molecule has 1 heterocycles. The molecule has 0 unspecified atom stereocenters. The zero-order chi connectivity index (χ0) is 13.8. The van der Waals surface area contributed by atoms with Gasteiger partial charge in [-0.15, -0.1) is 0 Å². The van der Waals surface area contributed by atoms with Crippen LogP contribution >= 0.6 is 0 Å². The fourth-order valence-electron chi connectivity index (χ4n) is 1.43. The number of anilines is 3. The largest absolute Gasteiger partial charge is 0.497 e. The number of ether oxygens (including phenoxy) is 1. The Morgan fingerprint density at radius 1 is 1.37 bits per heavy atom. The van der Waals surface area contributed by atoms with Gasteiger partial charge in [0.2, 0.25) is 11.8 Å². The molecule has 0 atom stereocenters. The van der Waals surface area contributed by atoms with Crippen LogP contribution in [0.25, 0.3) is 0 Å². The van der Waals surface area contributed by atoms with Gasteiger partial charge in [-0.05, 0) is 24.3 Å². The average Bonchev–Trinajstić information content (AvgIpc) is 2.39. The van der Waals surface area contributed by atoms with Crippen molar-refractivity contribution >= 4 is 23.1 Å². The van der Waals surface area contributed by atoms with Crippen LogP contribution in [-0.2, 0) is 0 Å². The molecule has 2 aromatic rings. The molecule has 0 saturated heterocycles. The van der Waals surface area contributed by atoms with Crippen LogP contribution in [0.2, 0.25) is 0 Å². The number of nitrogen functional groups attached to an aromatic ring is 1. The smallest absolute Gasteiger partial charge is 0.329 e. The van der Waals surface area contributed by atoms with Crippen LogP contribution in [0.1, 0.15) is 0 Å². The maximum Gasteiger partial charge on any atom is 0.329 e. The van der Waals surface area contributed by atoms with E-state index in [0.29, 0.717) is 11.4 Å². The van der Waals surface area contributed by atoms with E-state index in [-0.39, 0.29) is 17.5 Å². The first-order valence-electron chi connectivity index (χ1n) is 5.28. The second kappa shape index (κ2) is 5.17. The molecule has 8 heteroatoms. The van der Waals surface area contributed by atoms with Gasteiger partial charge in [-0.25, -0.2) is 4.98 Å². The van der Waals surface area contributed by atoms with E-state index in [1.54, 1.807) is 31.4 Å². The Bertz CT molecular complexity index is 600. The lowest BCUT2D eigenvalue weighted by atomic mass is 10.3. The van der Waals surface area contributed by atoms with Crippen LogP contribution < -0.4 is 15.8 Å². The van der Waals surface area contributed by atoms with E-state index in [1.165, 1.54) is 0 Å². The summed E-state index contributed by atoms with van der Waals surface area (Å²) in [5.74, 6) is 0.687. The molecule has 0 aliphatic rings. The minimum Gasteiger partial charge on any atom is -0.497 e. The highest BCUT2D eigenvalue weighted by molar-refractivity contribution is 5.66. The fraction of sp³-hybridized carbons (Fsp3) is 0.0909. The Morgan fingerprint density at radius 2 is 2.05 bits per heavy atom. The number of nitrogens with one attached hydrogen (secondary N) is 1. The number of hydrogen-bond acceptors (Lipinski definition) is 7. The molecule has 0 aliphatic heterocycles. The van der Waals surface area contributed by atoms with Gasteiger partial charge >= 0.3 is 5.69 Å². The highest BCUT2D eigenvalue weighted by atomic mass is 16.6. The van der Waals surface area contributed by atoms with E-state index in [9.17, 15) is 10.1 Å². The molecule has 0 saturated carbocycles. The third kappa shape index (κ3) is 2.86. The van der Waals surface area contributed by atoms with Crippen LogP contribution in [0.4, 0.5) is 23.1 Å². The van der Waals surface area contributed by atoms with E-state index in [2.05, 4.69) is 15.3 Å². The molecule has 0 radical (unpaired) electrons. The summed E-state index contributed by atoms with van der Waals surface area (Å²) in [5, 5.41) is 13.7. The summed E-state index contributed by atoms with van der Waals surface area (Å²) in [6.45, 7) is 0. The van der Waals surface area contributed by atoms with Crippen LogP contribution in [-0.4, -0.2) is 22.0 Å². The molecule has 19 heavy (non-hydrogen) atoms. The van der Waals surface area contributed by atoms with Gasteiger partial charge in [0.1, 0.15) is 11.9 Å². The van der Waals surface area contributed by atoms with Crippen molar-refractivity contribution < 1.29 is 9.66 Å². The van der Waals surface area contributed by atoms with Gasteiger partial charge in [-0.3, -0.25) is 10.1 Å². The minimum atomic E-state index is -0.578. The summed E-state index contributed by atoms with van der Waals surface area (Å²) in [4.78, 5) is 17.7. The third-order valence-electron chi connectivity index (χ3n) is 2.34. The number of rotatable bonds is 4. The van der Waals surface area contributed by atoms with Crippen molar-refractivity contribution in [2.24, 2.45) is 0 Å². The third-order valence-corrected chi connectivity index (χ3v) is 2.34. The molecule has 8 nitrogen and oxygen atoms in total. The quantitative estimate of drug-likeness (QED) is 0.635. The van der Waals surface area contributed by atoms with Crippen LogP contribution in [0.5, 0.6) is 5.75 Å². The number of nitro groups is 1. The number of methoxy groups -OCH3 is 1. The predicted octanol–water partition coefficient (Wildman–Crippen LogP) is 1.72. The predicted molar refractivity (Wildman–Crippen MR) is 69.4 cm³/mol. The maximum absolute atomic E-state index is 10.8.